The summed E-state index contributed by atoms with van der Waals surface area (Å²) < 4.78 is 4.96. The fourth-order valence-corrected chi connectivity index (χ4v) is 1.98. The maximum atomic E-state index is 12.2. The van der Waals surface area contributed by atoms with Crippen molar-refractivity contribution in [1.29, 1.82) is 0 Å². The molecule has 0 bridgehead atoms. The van der Waals surface area contributed by atoms with Crippen LogP contribution in [0.2, 0.25) is 10.0 Å². The summed E-state index contributed by atoms with van der Waals surface area (Å²) >= 11 is 11.8. The molecule has 0 unspecified atom stereocenters. The van der Waals surface area contributed by atoms with Crippen molar-refractivity contribution in [2.75, 3.05) is 32.5 Å². The van der Waals surface area contributed by atoms with E-state index in [1.54, 1.807) is 12.0 Å². The van der Waals surface area contributed by atoms with Crippen molar-refractivity contribution in [3.05, 3.63) is 27.7 Å². The van der Waals surface area contributed by atoms with Gasteiger partial charge in [0.2, 0.25) is 0 Å². The minimum absolute atomic E-state index is 0.140. The number of halogens is 2. The number of rotatable bonds is 5. The number of carbonyl (C=O) groups excluding carboxylic acids is 1. The van der Waals surface area contributed by atoms with Crippen molar-refractivity contribution >= 4 is 34.8 Å². The number of methoxy groups -OCH3 is 1. The first-order valence-corrected chi connectivity index (χ1v) is 6.29. The number of likely N-dealkylation sites (N-methyl/N-ethyl adjacent to an activating group) is 1. The molecule has 0 atom stereocenters. The summed E-state index contributed by atoms with van der Waals surface area (Å²) in [7, 11) is 1.59. The molecule has 100 valence electrons. The van der Waals surface area contributed by atoms with Crippen LogP contribution < -0.4 is 5.73 Å². The highest BCUT2D eigenvalue weighted by Gasteiger charge is 2.16. The second-order valence-corrected chi connectivity index (χ2v) is 4.55. The summed E-state index contributed by atoms with van der Waals surface area (Å²) in [5.74, 6) is -0.140. The average Bonchev–Trinajstić information content (AvgIpc) is 2.36. The van der Waals surface area contributed by atoms with Crippen molar-refractivity contribution in [2.45, 2.75) is 6.92 Å². The normalized spacial score (nSPS) is 10.4. The number of ether oxygens (including phenoxy) is 1. The Kier molecular flexibility index (Phi) is 5.72. The quantitative estimate of drug-likeness (QED) is 0.849. The maximum absolute atomic E-state index is 12.2. The second kappa shape index (κ2) is 6.83. The van der Waals surface area contributed by atoms with E-state index in [0.717, 1.165) is 0 Å². The molecular weight excluding hydrogens is 275 g/mol. The van der Waals surface area contributed by atoms with Crippen molar-refractivity contribution in [3.8, 4) is 0 Å². The average molecular weight is 291 g/mol. The van der Waals surface area contributed by atoms with Gasteiger partial charge in [0.05, 0.1) is 22.3 Å². The second-order valence-electron chi connectivity index (χ2n) is 3.73. The van der Waals surface area contributed by atoms with Gasteiger partial charge in [0.15, 0.2) is 0 Å². The van der Waals surface area contributed by atoms with E-state index in [1.165, 1.54) is 12.1 Å². The summed E-state index contributed by atoms with van der Waals surface area (Å²) in [6, 6.07) is 3.06. The third kappa shape index (κ3) is 3.51. The van der Waals surface area contributed by atoms with Crippen LogP contribution in [0.5, 0.6) is 0 Å². The lowest BCUT2D eigenvalue weighted by molar-refractivity contribution is 0.0706. The van der Waals surface area contributed by atoms with E-state index in [4.69, 9.17) is 33.7 Å². The summed E-state index contributed by atoms with van der Waals surface area (Å²) in [4.78, 5) is 13.9. The Hall–Kier alpha value is -0.970. The summed E-state index contributed by atoms with van der Waals surface area (Å²) in [5, 5.41) is 0.572. The van der Waals surface area contributed by atoms with Gasteiger partial charge in [-0.05, 0) is 19.1 Å². The first-order valence-electron chi connectivity index (χ1n) is 5.54. The van der Waals surface area contributed by atoms with Crippen LogP contribution in [0.3, 0.4) is 0 Å². The molecule has 0 aliphatic carbocycles. The lowest BCUT2D eigenvalue weighted by Gasteiger charge is -2.20. The van der Waals surface area contributed by atoms with E-state index >= 15 is 0 Å². The number of nitrogens with two attached hydrogens (primary N) is 1. The number of hydrogen-bond acceptors (Lipinski definition) is 3. The van der Waals surface area contributed by atoms with Gasteiger partial charge in [-0.25, -0.2) is 0 Å². The molecule has 4 nitrogen and oxygen atoms in total. The Morgan fingerprint density at radius 1 is 1.39 bits per heavy atom. The third-order valence-corrected chi connectivity index (χ3v) is 3.19. The zero-order valence-corrected chi connectivity index (χ0v) is 11.9. The van der Waals surface area contributed by atoms with Gasteiger partial charge in [-0.15, -0.1) is 0 Å². The van der Waals surface area contributed by atoms with E-state index in [1.807, 2.05) is 6.92 Å². The molecular formula is C12H16Cl2N2O2. The Morgan fingerprint density at radius 2 is 1.94 bits per heavy atom. The fourth-order valence-electron chi connectivity index (χ4n) is 1.50. The van der Waals surface area contributed by atoms with Gasteiger partial charge < -0.3 is 15.4 Å². The first kappa shape index (κ1) is 15.1. The number of carbonyl (C=O) groups is 1. The van der Waals surface area contributed by atoms with E-state index in [9.17, 15) is 4.79 Å². The molecule has 0 aromatic heterocycles. The van der Waals surface area contributed by atoms with Gasteiger partial charge in [0.25, 0.3) is 5.91 Å². The SMILES string of the molecule is CCN(CCOC)C(=O)c1cc(Cl)c(N)c(Cl)c1. The molecule has 6 heteroatoms. The number of hydrogen-bond donors (Lipinski definition) is 1. The molecule has 0 radical (unpaired) electrons. The number of benzene rings is 1. The topological polar surface area (TPSA) is 55.6 Å². The molecule has 0 aliphatic heterocycles. The first-order chi connectivity index (χ1) is 8.51. The highest BCUT2D eigenvalue weighted by Crippen LogP contribution is 2.29. The highest BCUT2D eigenvalue weighted by molar-refractivity contribution is 6.39. The minimum atomic E-state index is -0.140. The van der Waals surface area contributed by atoms with Crippen molar-refractivity contribution < 1.29 is 9.53 Å². The minimum Gasteiger partial charge on any atom is -0.396 e. The van der Waals surface area contributed by atoms with Crippen LogP contribution in [0, 0.1) is 0 Å². The lowest BCUT2D eigenvalue weighted by Crippen LogP contribution is -2.33. The van der Waals surface area contributed by atoms with Gasteiger partial charge in [0, 0.05) is 25.8 Å². The fraction of sp³-hybridized carbons (Fsp3) is 0.417. The predicted molar refractivity (Wildman–Crippen MR) is 74.3 cm³/mol. The van der Waals surface area contributed by atoms with E-state index in [2.05, 4.69) is 0 Å². The van der Waals surface area contributed by atoms with Gasteiger partial charge in [-0.3, -0.25) is 4.79 Å². The highest BCUT2D eigenvalue weighted by atomic mass is 35.5. The lowest BCUT2D eigenvalue weighted by atomic mass is 10.1. The van der Waals surface area contributed by atoms with E-state index < -0.39 is 0 Å². The molecule has 1 aromatic carbocycles. The monoisotopic (exact) mass is 290 g/mol. The molecule has 0 fully saturated rings. The van der Waals surface area contributed by atoms with Gasteiger partial charge in [-0.1, -0.05) is 23.2 Å². The Bertz CT molecular complexity index is 415. The Balaban J connectivity index is 2.95. The molecule has 1 aromatic rings. The number of amides is 1. The largest absolute Gasteiger partial charge is 0.396 e. The van der Waals surface area contributed by atoms with Gasteiger partial charge >= 0.3 is 0 Å². The van der Waals surface area contributed by atoms with Crippen LogP contribution in [-0.4, -0.2) is 37.6 Å². The standard InChI is InChI=1S/C12H16Cl2N2O2/c1-3-16(4-5-18-2)12(17)8-6-9(13)11(15)10(14)7-8/h6-7H,3-5,15H2,1-2H3. The molecule has 1 rings (SSSR count). The Morgan fingerprint density at radius 3 is 2.39 bits per heavy atom. The molecule has 0 aliphatic rings. The van der Waals surface area contributed by atoms with Gasteiger partial charge in [-0.2, -0.15) is 0 Å². The van der Waals surface area contributed by atoms with Crippen LogP contribution in [0.1, 0.15) is 17.3 Å². The summed E-state index contributed by atoms with van der Waals surface area (Å²) in [6.45, 7) is 3.48. The zero-order chi connectivity index (χ0) is 13.7. The molecule has 0 spiro atoms. The van der Waals surface area contributed by atoms with Crippen LogP contribution in [-0.2, 0) is 4.74 Å². The van der Waals surface area contributed by atoms with Crippen molar-refractivity contribution in [3.63, 3.8) is 0 Å². The number of nitrogen functional groups attached to an aromatic ring is 1. The third-order valence-electron chi connectivity index (χ3n) is 2.56. The van der Waals surface area contributed by atoms with Crippen LogP contribution in [0.4, 0.5) is 5.69 Å². The summed E-state index contributed by atoms with van der Waals surface area (Å²) in [6.07, 6.45) is 0. The van der Waals surface area contributed by atoms with E-state index in [-0.39, 0.29) is 21.6 Å². The van der Waals surface area contributed by atoms with Crippen LogP contribution >= 0.6 is 23.2 Å². The molecule has 2 N–H and O–H groups in total. The summed E-state index contributed by atoms with van der Waals surface area (Å²) in [5.41, 5.74) is 6.35. The van der Waals surface area contributed by atoms with Gasteiger partial charge in [0.1, 0.15) is 0 Å². The Labute approximate surface area is 117 Å². The van der Waals surface area contributed by atoms with Crippen LogP contribution in [0.25, 0.3) is 0 Å². The smallest absolute Gasteiger partial charge is 0.254 e. The van der Waals surface area contributed by atoms with E-state index in [0.29, 0.717) is 25.3 Å². The van der Waals surface area contributed by atoms with Crippen molar-refractivity contribution in [2.24, 2.45) is 0 Å². The molecule has 0 saturated carbocycles. The predicted octanol–water partition coefficient (Wildman–Crippen LogP) is 2.68. The van der Waals surface area contributed by atoms with Crippen LogP contribution in [0.15, 0.2) is 12.1 Å². The number of anilines is 1. The molecule has 18 heavy (non-hydrogen) atoms. The molecule has 1 amide bonds. The maximum Gasteiger partial charge on any atom is 0.254 e. The zero-order valence-electron chi connectivity index (χ0n) is 10.4. The molecule has 0 heterocycles. The molecule has 0 saturated heterocycles. The number of nitrogens with zero attached hydrogens (tertiary/aromatic N) is 1. The van der Waals surface area contributed by atoms with Crippen molar-refractivity contribution in [1.82, 2.24) is 4.90 Å².